The van der Waals surface area contributed by atoms with Crippen molar-refractivity contribution in [3.63, 3.8) is 0 Å². The molecular formula is C25H28FN5O4. The molecule has 1 unspecified atom stereocenters. The zero-order valence-corrected chi connectivity index (χ0v) is 19.4. The quantitative estimate of drug-likeness (QED) is 0.566. The minimum Gasteiger partial charge on any atom is -0.486 e. The van der Waals surface area contributed by atoms with Crippen LogP contribution in [-0.2, 0) is 18.7 Å². The van der Waals surface area contributed by atoms with Gasteiger partial charge in [0, 0.05) is 37.3 Å². The molecule has 1 aromatic carbocycles. The van der Waals surface area contributed by atoms with Crippen molar-refractivity contribution in [3.05, 3.63) is 58.0 Å². The standard InChI is InChI=1S/C25H28FN5O4/c26-18-1-2-19-24-23(18)25(33,5-8-31(24)22(32)14-29-19)15-30-6-3-16(4-7-30)27-12-17-11-20-21(13-28-17)35-10-9-34-20/h1-2,11,13-14,16,27,33H,3-10,12,15H2. The lowest BCUT2D eigenvalue weighted by Crippen LogP contribution is -2.50. The monoisotopic (exact) mass is 481 g/mol. The topological polar surface area (TPSA) is 102 Å². The minimum atomic E-state index is -1.37. The van der Waals surface area contributed by atoms with Crippen LogP contribution in [0.1, 0.15) is 30.5 Å². The Morgan fingerprint density at radius 3 is 2.74 bits per heavy atom. The van der Waals surface area contributed by atoms with Crippen molar-refractivity contribution < 1.29 is 19.0 Å². The van der Waals surface area contributed by atoms with Gasteiger partial charge in [0.1, 0.15) is 24.6 Å². The van der Waals surface area contributed by atoms with Crippen molar-refractivity contribution in [3.8, 4) is 11.5 Å². The van der Waals surface area contributed by atoms with E-state index in [1.54, 1.807) is 12.3 Å². The average Bonchev–Trinajstić information content (AvgIpc) is 2.87. The van der Waals surface area contributed by atoms with Crippen molar-refractivity contribution in [2.45, 2.75) is 44.0 Å². The fourth-order valence-corrected chi connectivity index (χ4v) is 5.48. The second kappa shape index (κ2) is 8.85. The molecule has 0 bridgehead atoms. The molecule has 0 aliphatic carbocycles. The van der Waals surface area contributed by atoms with Gasteiger partial charge in [-0.2, -0.15) is 0 Å². The lowest BCUT2D eigenvalue weighted by molar-refractivity contribution is -0.0236. The molecule has 2 aromatic heterocycles. The summed E-state index contributed by atoms with van der Waals surface area (Å²) in [6, 6.07) is 5.13. The van der Waals surface area contributed by atoms with Crippen molar-refractivity contribution >= 4 is 11.0 Å². The molecule has 0 spiro atoms. The summed E-state index contributed by atoms with van der Waals surface area (Å²) in [5.74, 6) is 0.925. The average molecular weight is 482 g/mol. The third-order valence-electron chi connectivity index (χ3n) is 7.30. The molecule has 0 radical (unpaired) electrons. The number of fused-ring (bicyclic) bond motifs is 1. The second-order valence-electron chi connectivity index (χ2n) is 9.57. The maximum absolute atomic E-state index is 15.0. The predicted molar refractivity (Wildman–Crippen MR) is 126 cm³/mol. The number of nitrogens with one attached hydrogen (secondary N) is 1. The molecule has 2 N–H and O–H groups in total. The summed E-state index contributed by atoms with van der Waals surface area (Å²) in [4.78, 5) is 23.1. The number of rotatable bonds is 5. The highest BCUT2D eigenvalue weighted by Gasteiger charge is 2.40. The molecule has 9 nitrogen and oxygen atoms in total. The number of pyridine rings is 1. The van der Waals surface area contributed by atoms with E-state index in [-0.39, 0.29) is 17.5 Å². The van der Waals surface area contributed by atoms with Crippen LogP contribution in [0.25, 0.3) is 11.0 Å². The normalized spacial score (nSPS) is 22.5. The number of benzene rings is 1. The summed E-state index contributed by atoms with van der Waals surface area (Å²) in [5, 5.41) is 15.2. The minimum absolute atomic E-state index is 0.191. The number of aliphatic hydroxyl groups is 1. The van der Waals surface area contributed by atoms with E-state index in [1.165, 1.54) is 16.8 Å². The van der Waals surface area contributed by atoms with E-state index < -0.39 is 11.4 Å². The van der Waals surface area contributed by atoms with E-state index in [1.807, 2.05) is 6.07 Å². The zero-order valence-electron chi connectivity index (χ0n) is 19.4. The third-order valence-corrected chi connectivity index (χ3v) is 7.30. The highest BCUT2D eigenvalue weighted by Crippen LogP contribution is 2.38. The summed E-state index contributed by atoms with van der Waals surface area (Å²) in [7, 11) is 0. The van der Waals surface area contributed by atoms with Gasteiger partial charge in [-0.25, -0.2) is 9.37 Å². The zero-order chi connectivity index (χ0) is 24.0. The van der Waals surface area contributed by atoms with Crippen LogP contribution in [0.5, 0.6) is 11.5 Å². The van der Waals surface area contributed by atoms with Gasteiger partial charge in [-0.05, 0) is 44.5 Å². The Hall–Kier alpha value is -3.08. The van der Waals surface area contributed by atoms with Crippen molar-refractivity contribution in [2.24, 2.45) is 0 Å². The number of nitrogens with zero attached hydrogens (tertiary/aromatic N) is 4. The lowest BCUT2D eigenvalue weighted by atomic mass is 9.85. The van der Waals surface area contributed by atoms with Gasteiger partial charge in [0.2, 0.25) is 0 Å². The van der Waals surface area contributed by atoms with Gasteiger partial charge >= 0.3 is 0 Å². The van der Waals surface area contributed by atoms with Crippen molar-refractivity contribution in [1.82, 2.24) is 24.8 Å². The Balaban J connectivity index is 1.11. The number of ether oxygens (including phenoxy) is 2. The Kier molecular flexibility index (Phi) is 5.66. The number of hydrogen-bond donors (Lipinski definition) is 2. The summed E-state index contributed by atoms with van der Waals surface area (Å²) >= 11 is 0. The van der Waals surface area contributed by atoms with E-state index >= 15 is 0 Å². The molecule has 3 aliphatic heterocycles. The van der Waals surface area contributed by atoms with Crippen LogP contribution >= 0.6 is 0 Å². The van der Waals surface area contributed by atoms with Crippen LogP contribution in [0.3, 0.4) is 0 Å². The highest BCUT2D eigenvalue weighted by atomic mass is 19.1. The molecule has 35 heavy (non-hydrogen) atoms. The number of aryl methyl sites for hydroxylation is 1. The number of hydrogen-bond acceptors (Lipinski definition) is 8. The van der Waals surface area contributed by atoms with Gasteiger partial charge in [-0.3, -0.25) is 9.78 Å². The Bertz CT molecular complexity index is 1320. The summed E-state index contributed by atoms with van der Waals surface area (Å²) < 4.78 is 27.7. The molecule has 1 fully saturated rings. The lowest BCUT2D eigenvalue weighted by Gasteiger charge is -2.41. The van der Waals surface area contributed by atoms with Crippen LogP contribution in [0.4, 0.5) is 4.39 Å². The number of likely N-dealkylation sites (tertiary alicyclic amines) is 1. The fourth-order valence-electron chi connectivity index (χ4n) is 5.48. The van der Waals surface area contributed by atoms with E-state index in [9.17, 15) is 14.3 Å². The van der Waals surface area contributed by atoms with Crippen LogP contribution in [0, 0.1) is 5.82 Å². The Morgan fingerprint density at radius 2 is 1.91 bits per heavy atom. The molecule has 6 rings (SSSR count). The highest BCUT2D eigenvalue weighted by molar-refractivity contribution is 5.80. The maximum Gasteiger partial charge on any atom is 0.269 e. The van der Waals surface area contributed by atoms with E-state index in [4.69, 9.17) is 9.47 Å². The molecule has 0 amide bonds. The van der Waals surface area contributed by atoms with Gasteiger partial charge in [0.25, 0.3) is 5.56 Å². The van der Waals surface area contributed by atoms with E-state index in [0.29, 0.717) is 55.7 Å². The van der Waals surface area contributed by atoms with Crippen molar-refractivity contribution in [2.75, 3.05) is 32.8 Å². The molecule has 3 aromatic rings. The summed E-state index contributed by atoms with van der Waals surface area (Å²) in [6.07, 6.45) is 5.07. The molecule has 5 heterocycles. The number of halogens is 1. The summed E-state index contributed by atoms with van der Waals surface area (Å²) in [5.41, 5.74) is 0.389. The maximum atomic E-state index is 15.0. The number of piperidine rings is 1. The number of β-amino-alcohol motifs (C(OH)–C–C–N with tert-alkyl or cyclic N) is 1. The van der Waals surface area contributed by atoms with Gasteiger partial charge in [-0.1, -0.05) is 0 Å². The Labute approximate surface area is 201 Å². The molecular weight excluding hydrogens is 453 g/mol. The van der Waals surface area contributed by atoms with Crippen LogP contribution in [0.15, 0.2) is 35.4 Å². The van der Waals surface area contributed by atoms with Crippen LogP contribution < -0.4 is 20.3 Å². The fraction of sp³-hybridized carbons (Fsp3) is 0.480. The Morgan fingerprint density at radius 1 is 1.11 bits per heavy atom. The molecule has 1 atom stereocenters. The van der Waals surface area contributed by atoms with Crippen LogP contribution in [-0.4, -0.2) is 63.4 Å². The smallest absolute Gasteiger partial charge is 0.269 e. The van der Waals surface area contributed by atoms with Gasteiger partial charge in [-0.15, -0.1) is 0 Å². The second-order valence-corrected chi connectivity index (χ2v) is 9.57. The first kappa shape index (κ1) is 22.4. The van der Waals surface area contributed by atoms with Gasteiger partial charge in [0.05, 0.1) is 29.1 Å². The first-order valence-corrected chi connectivity index (χ1v) is 12.1. The summed E-state index contributed by atoms with van der Waals surface area (Å²) in [6.45, 7) is 3.96. The third kappa shape index (κ3) is 4.15. The first-order valence-electron chi connectivity index (χ1n) is 12.1. The van der Waals surface area contributed by atoms with Crippen molar-refractivity contribution in [1.29, 1.82) is 0 Å². The SMILES string of the molecule is O=c1cnc2ccc(F)c3c2n1CCC3(O)CN1CCC(NCc2cc3c(cn2)OCCO3)CC1. The molecule has 0 saturated carbocycles. The predicted octanol–water partition coefficient (Wildman–Crippen LogP) is 1.55. The number of aromatic nitrogens is 3. The molecule has 1 saturated heterocycles. The molecule has 3 aliphatic rings. The molecule has 184 valence electrons. The van der Waals surface area contributed by atoms with E-state index in [2.05, 4.69) is 20.2 Å². The molecule has 10 heteroatoms. The van der Waals surface area contributed by atoms with Gasteiger partial charge in [0.15, 0.2) is 11.5 Å². The first-order chi connectivity index (χ1) is 17.0. The largest absolute Gasteiger partial charge is 0.486 e. The van der Waals surface area contributed by atoms with Crippen LogP contribution in [0.2, 0.25) is 0 Å². The van der Waals surface area contributed by atoms with E-state index in [0.717, 1.165) is 37.4 Å². The van der Waals surface area contributed by atoms with Gasteiger partial charge < -0.3 is 29.4 Å².